The van der Waals surface area contributed by atoms with Gasteiger partial charge in [-0.25, -0.2) is 14.9 Å². The minimum atomic E-state index is -0.991. The number of hydrogen-bond donors (Lipinski definition) is 2. The lowest BCUT2D eigenvalue weighted by Gasteiger charge is -2.09. The number of hydrogen-bond acceptors (Lipinski definition) is 4. The minimum absolute atomic E-state index is 0.0618. The Bertz CT molecular complexity index is 1260. The number of H-pyrrole nitrogens is 1. The normalized spacial score (nSPS) is 11.1. The second-order valence-corrected chi connectivity index (χ2v) is 6.33. The zero-order chi connectivity index (χ0) is 19.8. The van der Waals surface area contributed by atoms with Crippen molar-refractivity contribution in [3.63, 3.8) is 0 Å². The molecule has 8 heteroatoms. The van der Waals surface area contributed by atoms with Crippen LogP contribution in [0.25, 0.3) is 22.2 Å². The number of halogens is 1. The summed E-state index contributed by atoms with van der Waals surface area (Å²) >= 11 is 0. The van der Waals surface area contributed by atoms with Crippen molar-refractivity contribution in [2.45, 2.75) is 13.5 Å². The Labute approximate surface area is 158 Å². The number of imidazole rings is 1. The Kier molecular flexibility index (Phi) is 4.23. The van der Waals surface area contributed by atoms with Gasteiger partial charge < -0.3 is 9.67 Å². The first-order valence-electron chi connectivity index (χ1n) is 8.48. The van der Waals surface area contributed by atoms with Gasteiger partial charge in [0.05, 0.1) is 5.56 Å². The molecule has 0 spiro atoms. The SMILES string of the molecule is Cc1nc2c(F)n[nH]c(=O)c2n1Cc1ccc(-c2ccccc2C(=O)O)cc1. The molecule has 0 saturated heterocycles. The lowest BCUT2D eigenvalue weighted by molar-refractivity contribution is 0.0697. The monoisotopic (exact) mass is 378 g/mol. The number of aryl methyl sites for hydroxylation is 1. The average Bonchev–Trinajstić information content (AvgIpc) is 3.03. The van der Waals surface area contributed by atoms with E-state index in [1.807, 2.05) is 24.3 Å². The van der Waals surface area contributed by atoms with Gasteiger partial charge in [-0.1, -0.05) is 42.5 Å². The van der Waals surface area contributed by atoms with Crippen molar-refractivity contribution in [2.24, 2.45) is 0 Å². The van der Waals surface area contributed by atoms with Crippen LogP contribution in [0.3, 0.4) is 0 Å². The molecular formula is C20H15FN4O3. The summed E-state index contributed by atoms with van der Waals surface area (Å²) in [6.45, 7) is 2.01. The van der Waals surface area contributed by atoms with Crippen LogP contribution in [0.4, 0.5) is 4.39 Å². The van der Waals surface area contributed by atoms with Crippen LogP contribution in [-0.4, -0.2) is 30.8 Å². The van der Waals surface area contributed by atoms with Crippen molar-refractivity contribution in [1.82, 2.24) is 19.7 Å². The van der Waals surface area contributed by atoms with E-state index in [0.29, 0.717) is 17.9 Å². The number of nitrogens with one attached hydrogen (secondary N) is 1. The minimum Gasteiger partial charge on any atom is -0.478 e. The summed E-state index contributed by atoms with van der Waals surface area (Å²) in [5, 5.41) is 14.8. The first-order valence-corrected chi connectivity index (χ1v) is 8.48. The van der Waals surface area contributed by atoms with Gasteiger partial charge in [-0.2, -0.15) is 4.39 Å². The third-order valence-corrected chi connectivity index (χ3v) is 4.59. The number of nitrogens with zero attached hydrogens (tertiary/aromatic N) is 3. The fraction of sp³-hybridized carbons (Fsp3) is 0.100. The van der Waals surface area contributed by atoms with Crippen LogP contribution in [0, 0.1) is 12.9 Å². The Morgan fingerprint density at radius 3 is 2.61 bits per heavy atom. The Hall–Kier alpha value is -3.81. The molecule has 0 amide bonds. The van der Waals surface area contributed by atoms with E-state index >= 15 is 0 Å². The number of fused-ring (bicyclic) bond motifs is 1. The number of carboxylic acid groups (broad SMARTS) is 1. The van der Waals surface area contributed by atoms with Gasteiger partial charge in [0.15, 0.2) is 5.52 Å². The van der Waals surface area contributed by atoms with Crippen LogP contribution in [0.1, 0.15) is 21.7 Å². The predicted molar refractivity (Wildman–Crippen MR) is 101 cm³/mol. The molecule has 0 aliphatic carbocycles. The first-order chi connectivity index (χ1) is 13.5. The van der Waals surface area contributed by atoms with E-state index in [-0.39, 0.29) is 16.6 Å². The molecule has 7 nitrogen and oxygen atoms in total. The summed E-state index contributed by atoms with van der Waals surface area (Å²) in [4.78, 5) is 27.6. The topological polar surface area (TPSA) is 101 Å². The van der Waals surface area contributed by atoms with Crippen molar-refractivity contribution in [3.8, 4) is 11.1 Å². The molecule has 0 bridgehead atoms. The summed E-state index contributed by atoms with van der Waals surface area (Å²) in [6, 6.07) is 14.1. The summed E-state index contributed by atoms with van der Waals surface area (Å²) in [7, 11) is 0. The van der Waals surface area contributed by atoms with Crippen LogP contribution >= 0.6 is 0 Å². The van der Waals surface area contributed by atoms with E-state index in [9.17, 15) is 19.1 Å². The van der Waals surface area contributed by atoms with Gasteiger partial charge in [-0.15, -0.1) is 5.10 Å². The third-order valence-electron chi connectivity index (χ3n) is 4.59. The summed E-state index contributed by atoms with van der Waals surface area (Å²) in [5.74, 6) is -1.32. The van der Waals surface area contributed by atoms with Gasteiger partial charge in [0, 0.05) is 6.54 Å². The fourth-order valence-corrected chi connectivity index (χ4v) is 3.23. The molecule has 0 fully saturated rings. The van der Waals surface area contributed by atoms with Gasteiger partial charge in [0.1, 0.15) is 11.3 Å². The molecule has 2 aromatic carbocycles. The molecule has 2 N–H and O–H groups in total. The highest BCUT2D eigenvalue weighted by molar-refractivity contribution is 5.96. The van der Waals surface area contributed by atoms with Crippen molar-refractivity contribution >= 4 is 17.0 Å². The molecule has 0 aliphatic rings. The van der Waals surface area contributed by atoms with E-state index in [4.69, 9.17) is 0 Å². The van der Waals surface area contributed by atoms with Gasteiger partial charge in [0.2, 0.25) is 0 Å². The zero-order valence-corrected chi connectivity index (χ0v) is 14.8. The largest absolute Gasteiger partial charge is 0.478 e. The maximum absolute atomic E-state index is 13.8. The smallest absolute Gasteiger partial charge is 0.336 e. The highest BCUT2D eigenvalue weighted by Gasteiger charge is 2.16. The number of rotatable bonds is 4. The standard InChI is InChI=1S/C20H15FN4O3/c1-11-22-16-17(19(26)24-23-18(16)21)25(11)10-12-6-8-13(9-7-12)14-4-2-3-5-15(14)20(27)28/h2-9H,10H2,1H3,(H,24,26)(H,27,28). The van der Waals surface area contributed by atoms with E-state index in [2.05, 4.69) is 15.2 Å². The number of aromatic carboxylic acids is 1. The molecule has 0 saturated carbocycles. The Morgan fingerprint density at radius 1 is 1.18 bits per heavy atom. The molecule has 28 heavy (non-hydrogen) atoms. The molecule has 4 aromatic rings. The number of carbonyl (C=O) groups is 1. The average molecular weight is 378 g/mol. The molecule has 0 unspecified atom stereocenters. The maximum atomic E-state index is 13.8. The first kappa shape index (κ1) is 17.6. The number of carboxylic acids is 1. The van der Waals surface area contributed by atoms with Gasteiger partial charge in [0.25, 0.3) is 11.5 Å². The summed E-state index contributed by atoms with van der Waals surface area (Å²) < 4.78 is 15.5. The number of benzene rings is 2. The van der Waals surface area contributed by atoms with Crippen LogP contribution < -0.4 is 5.56 Å². The van der Waals surface area contributed by atoms with Gasteiger partial charge in [-0.05, 0) is 29.7 Å². The molecule has 0 aliphatic heterocycles. The predicted octanol–water partition coefficient (Wildman–Crippen LogP) is 2.98. The fourth-order valence-electron chi connectivity index (χ4n) is 3.23. The van der Waals surface area contributed by atoms with Gasteiger partial charge >= 0.3 is 5.97 Å². The molecule has 2 heterocycles. The lowest BCUT2D eigenvalue weighted by atomic mass is 9.99. The quantitative estimate of drug-likeness (QED) is 0.569. The summed E-state index contributed by atoms with van der Waals surface area (Å²) in [5.41, 5.74) is 2.02. The Morgan fingerprint density at radius 2 is 1.89 bits per heavy atom. The van der Waals surface area contributed by atoms with E-state index in [1.54, 1.807) is 35.8 Å². The molecule has 2 aromatic heterocycles. The second kappa shape index (κ2) is 6.73. The van der Waals surface area contributed by atoms with Gasteiger partial charge in [-0.3, -0.25) is 4.79 Å². The lowest BCUT2D eigenvalue weighted by Crippen LogP contribution is -2.15. The van der Waals surface area contributed by atoms with Crippen LogP contribution in [-0.2, 0) is 6.54 Å². The van der Waals surface area contributed by atoms with Crippen molar-refractivity contribution in [2.75, 3.05) is 0 Å². The Balaban J connectivity index is 1.72. The number of aromatic nitrogens is 4. The van der Waals surface area contributed by atoms with E-state index < -0.39 is 17.5 Å². The van der Waals surface area contributed by atoms with E-state index in [0.717, 1.165) is 11.1 Å². The van der Waals surface area contributed by atoms with Crippen LogP contribution in [0.2, 0.25) is 0 Å². The van der Waals surface area contributed by atoms with Crippen molar-refractivity contribution in [1.29, 1.82) is 0 Å². The second-order valence-electron chi connectivity index (χ2n) is 6.33. The highest BCUT2D eigenvalue weighted by Crippen LogP contribution is 2.25. The van der Waals surface area contributed by atoms with Crippen molar-refractivity contribution in [3.05, 3.63) is 81.8 Å². The summed E-state index contributed by atoms with van der Waals surface area (Å²) in [6.07, 6.45) is 0. The molecular weight excluding hydrogens is 363 g/mol. The molecule has 4 rings (SSSR count). The third kappa shape index (κ3) is 2.94. The van der Waals surface area contributed by atoms with Crippen LogP contribution in [0.15, 0.2) is 53.3 Å². The maximum Gasteiger partial charge on any atom is 0.336 e. The molecule has 0 atom stereocenters. The highest BCUT2D eigenvalue weighted by atomic mass is 19.1. The number of aromatic amines is 1. The van der Waals surface area contributed by atoms with Crippen molar-refractivity contribution < 1.29 is 14.3 Å². The molecule has 0 radical (unpaired) electrons. The van der Waals surface area contributed by atoms with Crippen LogP contribution in [0.5, 0.6) is 0 Å². The molecule has 140 valence electrons. The zero-order valence-electron chi connectivity index (χ0n) is 14.8. The van der Waals surface area contributed by atoms with E-state index in [1.165, 1.54) is 0 Å².